The van der Waals surface area contributed by atoms with Gasteiger partial charge in [-0.3, -0.25) is 0 Å². The standard InChI is InChI=1S/C15H17N3/c1-11-15-12-5-2-3-6-13(12)17-14(15)7-10-18(11)9-4-8-16/h2-3,5-7,10H,4,8-9,16H2,1H3. The highest BCUT2D eigenvalue weighted by Crippen LogP contribution is 2.33. The number of rotatable bonds is 3. The fraction of sp³-hybridized carbons (Fsp3) is 0.267. The molecule has 0 saturated heterocycles. The summed E-state index contributed by atoms with van der Waals surface area (Å²) in [5, 5.41) is 1.24. The lowest BCUT2D eigenvalue weighted by molar-refractivity contribution is 0.632. The van der Waals surface area contributed by atoms with Crippen molar-refractivity contribution in [3.63, 3.8) is 0 Å². The third-order valence-electron chi connectivity index (χ3n) is 3.48. The summed E-state index contributed by atoms with van der Waals surface area (Å²) in [7, 11) is 0. The van der Waals surface area contributed by atoms with Crippen LogP contribution in [-0.4, -0.2) is 16.1 Å². The van der Waals surface area contributed by atoms with Crippen molar-refractivity contribution in [3.8, 4) is 11.3 Å². The van der Waals surface area contributed by atoms with E-state index in [1.807, 2.05) is 6.07 Å². The van der Waals surface area contributed by atoms with Gasteiger partial charge in [-0.25, -0.2) is 4.98 Å². The molecule has 0 aromatic heterocycles. The van der Waals surface area contributed by atoms with Crippen molar-refractivity contribution in [1.82, 2.24) is 9.55 Å². The first-order valence-corrected chi connectivity index (χ1v) is 6.35. The van der Waals surface area contributed by atoms with Crippen LogP contribution in [0.1, 0.15) is 12.1 Å². The molecule has 0 aliphatic carbocycles. The minimum atomic E-state index is 0.727. The van der Waals surface area contributed by atoms with E-state index >= 15 is 0 Å². The van der Waals surface area contributed by atoms with Gasteiger partial charge in [0.25, 0.3) is 0 Å². The lowest BCUT2D eigenvalue weighted by Gasteiger charge is -2.14. The Morgan fingerprint density at radius 3 is 2.89 bits per heavy atom. The monoisotopic (exact) mass is 239 g/mol. The number of fused-ring (bicyclic) bond motifs is 3. The van der Waals surface area contributed by atoms with Crippen LogP contribution in [0.25, 0.3) is 22.2 Å². The Morgan fingerprint density at radius 1 is 1.22 bits per heavy atom. The Kier molecular flexibility index (Phi) is 2.76. The van der Waals surface area contributed by atoms with Gasteiger partial charge in [-0.05, 0) is 32.0 Å². The van der Waals surface area contributed by atoms with Crippen LogP contribution in [0.5, 0.6) is 0 Å². The second kappa shape index (κ2) is 4.42. The van der Waals surface area contributed by atoms with Crippen LogP contribution in [0.2, 0.25) is 0 Å². The molecule has 0 atom stereocenters. The van der Waals surface area contributed by atoms with E-state index in [9.17, 15) is 0 Å². The number of benzene rings is 1. The van der Waals surface area contributed by atoms with Crippen LogP contribution >= 0.6 is 0 Å². The summed E-state index contributed by atoms with van der Waals surface area (Å²) in [6.45, 7) is 3.86. The Hall–Kier alpha value is -1.87. The van der Waals surface area contributed by atoms with Gasteiger partial charge >= 0.3 is 0 Å². The van der Waals surface area contributed by atoms with Gasteiger partial charge in [0.15, 0.2) is 0 Å². The minimum Gasteiger partial charge on any atom is -0.351 e. The molecule has 2 N–H and O–H groups in total. The number of nitrogens with two attached hydrogens (primary N) is 1. The van der Waals surface area contributed by atoms with Gasteiger partial charge < -0.3 is 10.3 Å². The zero-order chi connectivity index (χ0) is 12.5. The molecule has 3 heteroatoms. The number of aryl methyl sites for hydroxylation is 1. The zero-order valence-corrected chi connectivity index (χ0v) is 10.6. The first-order valence-electron chi connectivity index (χ1n) is 6.35. The summed E-state index contributed by atoms with van der Waals surface area (Å²) < 4.78 is 2.27. The molecule has 1 aromatic carbocycles. The molecule has 2 heterocycles. The fourth-order valence-corrected chi connectivity index (χ4v) is 2.53. The Balaban J connectivity index is 2.22. The lowest BCUT2D eigenvalue weighted by atomic mass is 10.1. The SMILES string of the molecule is Cc1c2c3ccccc3nc-2ccn1CCCN. The van der Waals surface area contributed by atoms with Crippen molar-refractivity contribution in [2.75, 3.05) is 6.54 Å². The second-order valence-corrected chi connectivity index (χ2v) is 4.63. The van der Waals surface area contributed by atoms with Crippen LogP contribution in [0.3, 0.4) is 0 Å². The van der Waals surface area contributed by atoms with Crippen LogP contribution in [0, 0.1) is 6.92 Å². The topological polar surface area (TPSA) is 43.8 Å². The van der Waals surface area contributed by atoms with Crippen molar-refractivity contribution in [1.29, 1.82) is 0 Å². The molecule has 1 aromatic rings. The van der Waals surface area contributed by atoms with Crippen molar-refractivity contribution in [3.05, 3.63) is 42.2 Å². The number of hydrogen-bond donors (Lipinski definition) is 1. The maximum atomic E-state index is 5.58. The molecule has 2 aliphatic heterocycles. The number of pyridine rings is 1. The molecule has 0 bridgehead atoms. The number of para-hydroxylation sites is 1. The smallest absolute Gasteiger partial charge is 0.0748 e. The highest BCUT2D eigenvalue weighted by Gasteiger charge is 2.15. The van der Waals surface area contributed by atoms with Gasteiger partial charge in [0.2, 0.25) is 0 Å². The highest BCUT2D eigenvalue weighted by atomic mass is 15.0. The van der Waals surface area contributed by atoms with Crippen LogP contribution < -0.4 is 5.73 Å². The van der Waals surface area contributed by atoms with E-state index in [-0.39, 0.29) is 0 Å². The van der Waals surface area contributed by atoms with Crippen molar-refractivity contribution < 1.29 is 0 Å². The van der Waals surface area contributed by atoms with Gasteiger partial charge in [-0.15, -0.1) is 0 Å². The van der Waals surface area contributed by atoms with E-state index in [2.05, 4.69) is 46.9 Å². The van der Waals surface area contributed by atoms with Gasteiger partial charge in [-0.1, -0.05) is 18.2 Å². The van der Waals surface area contributed by atoms with Crippen LogP contribution in [-0.2, 0) is 6.54 Å². The van der Waals surface area contributed by atoms with Gasteiger partial charge in [0.1, 0.15) is 0 Å². The first kappa shape index (κ1) is 11.2. The summed E-state index contributed by atoms with van der Waals surface area (Å²) in [6, 6.07) is 10.4. The quantitative estimate of drug-likeness (QED) is 0.763. The Morgan fingerprint density at radius 2 is 2.06 bits per heavy atom. The predicted molar refractivity (Wildman–Crippen MR) is 74.8 cm³/mol. The summed E-state index contributed by atoms with van der Waals surface area (Å²) >= 11 is 0. The predicted octanol–water partition coefficient (Wildman–Crippen LogP) is 2.80. The maximum absolute atomic E-state index is 5.58. The summed E-state index contributed by atoms with van der Waals surface area (Å²) in [5.74, 6) is 0. The van der Waals surface area contributed by atoms with Gasteiger partial charge in [0, 0.05) is 29.4 Å². The molecule has 92 valence electrons. The van der Waals surface area contributed by atoms with Crippen LogP contribution in [0.15, 0.2) is 36.5 Å². The molecule has 0 saturated carbocycles. The highest BCUT2D eigenvalue weighted by molar-refractivity contribution is 5.98. The molecule has 3 nitrogen and oxygen atoms in total. The minimum absolute atomic E-state index is 0.727. The summed E-state index contributed by atoms with van der Waals surface area (Å²) in [5.41, 5.74) is 10.3. The normalized spacial score (nSPS) is 11.4. The van der Waals surface area contributed by atoms with E-state index in [1.54, 1.807) is 0 Å². The van der Waals surface area contributed by atoms with Crippen LogP contribution in [0.4, 0.5) is 0 Å². The Bertz CT molecular complexity index is 654. The molecule has 0 spiro atoms. The zero-order valence-electron chi connectivity index (χ0n) is 10.6. The maximum Gasteiger partial charge on any atom is 0.0748 e. The fourth-order valence-electron chi connectivity index (χ4n) is 2.53. The molecule has 3 rings (SSSR count). The molecule has 0 radical (unpaired) electrons. The molecular weight excluding hydrogens is 222 g/mol. The van der Waals surface area contributed by atoms with Gasteiger partial charge in [-0.2, -0.15) is 0 Å². The largest absolute Gasteiger partial charge is 0.351 e. The number of hydrogen-bond acceptors (Lipinski definition) is 2. The third kappa shape index (κ3) is 1.68. The summed E-state index contributed by atoms with van der Waals surface area (Å²) in [6.07, 6.45) is 3.11. The molecule has 0 unspecified atom stereocenters. The average Bonchev–Trinajstić information content (AvgIpc) is 2.77. The number of nitrogens with zero attached hydrogens (tertiary/aromatic N) is 2. The average molecular weight is 239 g/mol. The van der Waals surface area contributed by atoms with E-state index < -0.39 is 0 Å². The van der Waals surface area contributed by atoms with Crippen molar-refractivity contribution in [2.45, 2.75) is 19.9 Å². The molecule has 0 fully saturated rings. The Labute approximate surface area is 107 Å². The molecular formula is C15H17N3. The van der Waals surface area contributed by atoms with Crippen molar-refractivity contribution in [2.24, 2.45) is 5.73 Å². The molecule has 2 aliphatic rings. The summed E-state index contributed by atoms with van der Waals surface area (Å²) in [4.78, 5) is 4.66. The molecule has 18 heavy (non-hydrogen) atoms. The lowest BCUT2D eigenvalue weighted by Crippen LogP contribution is -2.09. The van der Waals surface area contributed by atoms with E-state index in [1.165, 1.54) is 16.6 Å². The number of aromatic nitrogens is 2. The van der Waals surface area contributed by atoms with Crippen molar-refractivity contribution >= 4 is 10.9 Å². The first-order chi connectivity index (χ1) is 8.81. The van der Waals surface area contributed by atoms with E-state index in [4.69, 9.17) is 5.73 Å². The second-order valence-electron chi connectivity index (χ2n) is 4.63. The van der Waals surface area contributed by atoms with Gasteiger partial charge in [0.05, 0.1) is 11.2 Å². The third-order valence-corrected chi connectivity index (χ3v) is 3.48. The molecule has 0 amide bonds. The van der Waals surface area contributed by atoms with E-state index in [0.29, 0.717) is 0 Å². The van der Waals surface area contributed by atoms with E-state index in [0.717, 1.165) is 30.7 Å².